The molecule has 0 bridgehead atoms. The fourth-order valence-electron chi connectivity index (χ4n) is 6.63. The lowest BCUT2D eigenvalue weighted by molar-refractivity contribution is 0.996. The van der Waals surface area contributed by atoms with Crippen LogP contribution in [0.25, 0.3) is 82.6 Å². The van der Waals surface area contributed by atoms with Crippen LogP contribution < -0.4 is 0 Å². The smallest absolute Gasteiger partial charge is 0.235 e. The summed E-state index contributed by atoms with van der Waals surface area (Å²) in [7, 11) is 0. The summed E-state index contributed by atoms with van der Waals surface area (Å²) in [5, 5.41) is 9.93. The Morgan fingerprint density at radius 1 is 0.326 bits per heavy atom. The summed E-state index contributed by atoms with van der Waals surface area (Å²) in [6.07, 6.45) is 0. The Labute approximate surface area is 248 Å². The van der Waals surface area contributed by atoms with Gasteiger partial charge in [0.2, 0.25) is 5.95 Å². The number of hydrogen-bond donors (Lipinski definition) is 0. The standard InChI is InChI=1S/C40H25N3/c1-3-13-26(14-4-1)36-25-37(27-15-5-2-6-16-27)42-40(41-36)43-38-22-12-11-21-32(38)35-23-33-30-19-9-7-17-28(30)29-18-8-10-20-31(29)34(33)24-39(35)43/h1-25H. The van der Waals surface area contributed by atoms with Gasteiger partial charge in [0, 0.05) is 21.9 Å². The molecule has 0 fully saturated rings. The molecule has 3 heteroatoms. The van der Waals surface area contributed by atoms with Gasteiger partial charge in [-0.05, 0) is 56.6 Å². The van der Waals surface area contributed by atoms with Gasteiger partial charge in [-0.25, -0.2) is 9.97 Å². The van der Waals surface area contributed by atoms with E-state index < -0.39 is 0 Å². The Balaban J connectivity index is 1.43. The minimum Gasteiger partial charge on any atom is -0.278 e. The van der Waals surface area contributed by atoms with Crippen molar-refractivity contribution in [1.29, 1.82) is 0 Å². The van der Waals surface area contributed by atoms with Gasteiger partial charge < -0.3 is 0 Å². The van der Waals surface area contributed by atoms with Crippen LogP contribution >= 0.6 is 0 Å². The van der Waals surface area contributed by atoms with Crippen LogP contribution in [0.5, 0.6) is 0 Å². The van der Waals surface area contributed by atoms with Crippen molar-refractivity contribution < 1.29 is 0 Å². The van der Waals surface area contributed by atoms with Crippen molar-refractivity contribution >= 4 is 54.1 Å². The van der Waals surface area contributed by atoms with Gasteiger partial charge in [-0.2, -0.15) is 0 Å². The van der Waals surface area contributed by atoms with E-state index in [0.29, 0.717) is 5.95 Å². The molecule has 0 spiro atoms. The third-order valence-electron chi connectivity index (χ3n) is 8.59. The third kappa shape index (κ3) is 3.68. The lowest BCUT2D eigenvalue weighted by Gasteiger charge is -2.13. The van der Waals surface area contributed by atoms with Gasteiger partial charge in [-0.15, -0.1) is 0 Å². The molecule has 0 atom stereocenters. The number of rotatable bonds is 3. The van der Waals surface area contributed by atoms with Gasteiger partial charge in [0.1, 0.15) is 0 Å². The lowest BCUT2D eigenvalue weighted by Crippen LogP contribution is -2.04. The second-order valence-corrected chi connectivity index (χ2v) is 11.0. The fourth-order valence-corrected chi connectivity index (χ4v) is 6.63. The minimum absolute atomic E-state index is 0.663. The summed E-state index contributed by atoms with van der Waals surface area (Å²) >= 11 is 0. The van der Waals surface area contributed by atoms with E-state index in [1.54, 1.807) is 0 Å². The summed E-state index contributed by atoms with van der Waals surface area (Å²) in [4.78, 5) is 10.4. The van der Waals surface area contributed by atoms with Crippen molar-refractivity contribution in [1.82, 2.24) is 14.5 Å². The predicted octanol–water partition coefficient (Wildman–Crippen LogP) is 10.4. The van der Waals surface area contributed by atoms with Crippen LogP contribution in [0.4, 0.5) is 0 Å². The molecule has 2 heterocycles. The average Bonchev–Trinajstić information content (AvgIpc) is 3.41. The molecule has 0 N–H and O–H groups in total. The van der Waals surface area contributed by atoms with Crippen LogP contribution in [0.3, 0.4) is 0 Å². The molecular formula is C40H25N3. The molecule has 0 unspecified atom stereocenters. The summed E-state index contributed by atoms with van der Waals surface area (Å²) in [5.74, 6) is 0.663. The fraction of sp³-hybridized carbons (Fsp3) is 0. The maximum absolute atomic E-state index is 5.22. The number of aromatic nitrogens is 3. The zero-order chi connectivity index (χ0) is 28.3. The molecule has 9 rings (SSSR count). The molecule has 0 aliphatic rings. The molecule has 0 amide bonds. The van der Waals surface area contributed by atoms with Crippen molar-refractivity contribution in [3.05, 3.63) is 152 Å². The summed E-state index contributed by atoms with van der Waals surface area (Å²) < 4.78 is 2.24. The highest BCUT2D eigenvalue weighted by molar-refractivity contribution is 6.28. The zero-order valence-electron chi connectivity index (χ0n) is 23.3. The van der Waals surface area contributed by atoms with Crippen LogP contribution in [0.2, 0.25) is 0 Å². The Morgan fingerprint density at radius 3 is 1.33 bits per heavy atom. The highest BCUT2D eigenvalue weighted by atomic mass is 15.2. The normalized spacial score (nSPS) is 11.7. The van der Waals surface area contributed by atoms with Crippen LogP contribution in [0, 0.1) is 0 Å². The second kappa shape index (κ2) is 9.37. The van der Waals surface area contributed by atoms with Crippen LogP contribution in [0.15, 0.2) is 152 Å². The van der Waals surface area contributed by atoms with Crippen molar-refractivity contribution in [3.8, 4) is 28.5 Å². The van der Waals surface area contributed by atoms with Gasteiger partial charge in [0.25, 0.3) is 0 Å². The summed E-state index contributed by atoms with van der Waals surface area (Å²) in [6.45, 7) is 0. The quantitative estimate of drug-likeness (QED) is 0.206. The van der Waals surface area contributed by atoms with E-state index in [2.05, 4.69) is 144 Å². The van der Waals surface area contributed by atoms with Gasteiger partial charge in [0.05, 0.1) is 22.4 Å². The van der Waals surface area contributed by atoms with E-state index in [-0.39, 0.29) is 0 Å². The molecule has 0 radical (unpaired) electrons. The Bertz CT molecular complexity index is 2440. The number of hydrogen-bond acceptors (Lipinski definition) is 2. The molecule has 0 aliphatic heterocycles. The molecule has 3 nitrogen and oxygen atoms in total. The lowest BCUT2D eigenvalue weighted by atomic mass is 9.93. The molecule has 200 valence electrons. The van der Waals surface area contributed by atoms with E-state index >= 15 is 0 Å². The molecular weight excluding hydrogens is 522 g/mol. The van der Waals surface area contributed by atoms with E-state index in [0.717, 1.165) is 33.5 Å². The highest BCUT2D eigenvalue weighted by Gasteiger charge is 2.19. The van der Waals surface area contributed by atoms with Crippen LogP contribution in [0.1, 0.15) is 0 Å². The molecule has 43 heavy (non-hydrogen) atoms. The molecule has 2 aromatic heterocycles. The molecule has 0 saturated carbocycles. The molecule has 9 aromatic rings. The largest absolute Gasteiger partial charge is 0.278 e. The van der Waals surface area contributed by atoms with Crippen molar-refractivity contribution in [3.63, 3.8) is 0 Å². The minimum atomic E-state index is 0.663. The first-order chi connectivity index (χ1) is 21.3. The third-order valence-corrected chi connectivity index (χ3v) is 8.59. The van der Waals surface area contributed by atoms with E-state index in [4.69, 9.17) is 9.97 Å². The number of fused-ring (bicyclic) bond motifs is 9. The second-order valence-electron chi connectivity index (χ2n) is 11.0. The highest BCUT2D eigenvalue weighted by Crippen LogP contribution is 2.40. The summed E-state index contributed by atoms with van der Waals surface area (Å²) in [5.41, 5.74) is 6.10. The predicted molar refractivity (Wildman–Crippen MR) is 180 cm³/mol. The summed E-state index contributed by atoms with van der Waals surface area (Å²) in [6, 6.07) is 53.6. The van der Waals surface area contributed by atoms with Gasteiger partial charge in [-0.3, -0.25) is 4.57 Å². The Hall–Kier alpha value is -5.80. The average molecular weight is 548 g/mol. The SMILES string of the molecule is c1ccc(-c2cc(-c3ccccc3)nc(-n3c4ccccc4c4cc5c6ccccc6c6ccccc6c5cc43)n2)cc1. The maximum atomic E-state index is 5.22. The number of benzene rings is 7. The topological polar surface area (TPSA) is 30.7 Å². The van der Waals surface area contributed by atoms with Crippen molar-refractivity contribution in [2.75, 3.05) is 0 Å². The van der Waals surface area contributed by atoms with Gasteiger partial charge in [-0.1, -0.05) is 127 Å². The molecule has 7 aromatic carbocycles. The monoisotopic (exact) mass is 547 g/mol. The number of para-hydroxylation sites is 1. The Morgan fingerprint density at radius 2 is 0.767 bits per heavy atom. The first-order valence-corrected chi connectivity index (χ1v) is 14.6. The van der Waals surface area contributed by atoms with Crippen LogP contribution in [-0.2, 0) is 0 Å². The van der Waals surface area contributed by atoms with E-state index in [1.807, 2.05) is 12.1 Å². The van der Waals surface area contributed by atoms with E-state index in [1.165, 1.54) is 43.1 Å². The number of nitrogens with zero attached hydrogens (tertiary/aromatic N) is 3. The Kier molecular flexibility index (Phi) is 5.20. The maximum Gasteiger partial charge on any atom is 0.235 e. The first kappa shape index (κ1) is 23.9. The van der Waals surface area contributed by atoms with Crippen molar-refractivity contribution in [2.45, 2.75) is 0 Å². The van der Waals surface area contributed by atoms with Gasteiger partial charge >= 0.3 is 0 Å². The van der Waals surface area contributed by atoms with Gasteiger partial charge in [0.15, 0.2) is 0 Å². The van der Waals surface area contributed by atoms with E-state index in [9.17, 15) is 0 Å². The van der Waals surface area contributed by atoms with Crippen LogP contribution in [-0.4, -0.2) is 14.5 Å². The zero-order valence-corrected chi connectivity index (χ0v) is 23.3. The van der Waals surface area contributed by atoms with Crippen molar-refractivity contribution in [2.24, 2.45) is 0 Å². The molecule has 0 aliphatic carbocycles. The molecule has 0 saturated heterocycles. The first-order valence-electron chi connectivity index (χ1n) is 14.6.